The van der Waals surface area contributed by atoms with Gasteiger partial charge < -0.3 is 14.2 Å². The van der Waals surface area contributed by atoms with Crippen LogP contribution in [0.4, 0.5) is 0 Å². The van der Waals surface area contributed by atoms with Crippen molar-refractivity contribution in [3.05, 3.63) is 142 Å². The summed E-state index contributed by atoms with van der Waals surface area (Å²) < 4.78 is 16.6. The summed E-state index contributed by atoms with van der Waals surface area (Å²) in [6, 6.07) is 25.1. The Kier molecular flexibility index (Phi) is 10.9. The van der Waals surface area contributed by atoms with Crippen molar-refractivity contribution in [3.8, 4) is 0 Å². The van der Waals surface area contributed by atoms with Gasteiger partial charge in [-0.15, -0.1) is 0 Å². The molecule has 2 atom stereocenters. The average molecular weight is 512 g/mol. The molecule has 0 fully saturated rings. The van der Waals surface area contributed by atoms with E-state index in [1.165, 1.54) is 24.3 Å². The summed E-state index contributed by atoms with van der Waals surface area (Å²) in [4.78, 5) is 40.6. The third-order valence-corrected chi connectivity index (χ3v) is 5.05. The van der Waals surface area contributed by atoms with Gasteiger partial charge in [0.15, 0.2) is 12.2 Å². The molecule has 3 aromatic carbocycles. The van der Waals surface area contributed by atoms with Crippen LogP contribution in [-0.2, 0) is 14.2 Å². The number of azide groups is 1. The summed E-state index contributed by atoms with van der Waals surface area (Å²) >= 11 is 0. The van der Waals surface area contributed by atoms with E-state index in [1.54, 1.807) is 91.0 Å². The fourth-order valence-electron chi connectivity index (χ4n) is 3.21. The number of benzene rings is 3. The predicted molar refractivity (Wildman–Crippen MR) is 140 cm³/mol. The zero-order valence-electron chi connectivity index (χ0n) is 20.3. The number of nitrogens with zero attached hydrogens (tertiary/aromatic N) is 3. The highest BCUT2D eigenvalue weighted by Crippen LogP contribution is 2.15. The van der Waals surface area contributed by atoms with Crippen LogP contribution in [0.5, 0.6) is 0 Å². The van der Waals surface area contributed by atoms with E-state index in [0.29, 0.717) is 16.7 Å². The monoisotopic (exact) mass is 511 g/mol. The maximum atomic E-state index is 12.8. The van der Waals surface area contributed by atoms with Crippen molar-refractivity contribution < 1.29 is 28.6 Å². The second kappa shape index (κ2) is 15.1. The number of carbonyl (C=O) groups is 3. The van der Waals surface area contributed by atoms with Crippen LogP contribution in [0.3, 0.4) is 0 Å². The topological polar surface area (TPSA) is 128 Å². The number of esters is 3. The Balaban J connectivity index is 1.82. The third kappa shape index (κ3) is 8.82. The zero-order valence-corrected chi connectivity index (χ0v) is 20.3. The van der Waals surface area contributed by atoms with E-state index in [0.717, 1.165) is 0 Å². The van der Waals surface area contributed by atoms with Crippen LogP contribution >= 0.6 is 0 Å². The summed E-state index contributed by atoms with van der Waals surface area (Å²) in [5.41, 5.74) is 9.56. The molecule has 0 unspecified atom stereocenters. The summed E-state index contributed by atoms with van der Waals surface area (Å²) in [5.74, 6) is -1.81. The molecule has 0 bridgehead atoms. The van der Waals surface area contributed by atoms with E-state index in [1.807, 2.05) is 0 Å². The Morgan fingerprint density at radius 1 is 0.684 bits per heavy atom. The number of hydrogen-bond donors (Lipinski definition) is 0. The summed E-state index contributed by atoms with van der Waals surface area (Å²) in [6.07, 6.45) is 3.76. The van der Waals surface area contributed by atoms with E-state index < -0.39 is 30.1 Å². The molecule has 192 valence electrons. The highest BCUT2D eigenvalue weighted by atomic mass is 16.6. The van der Waals surface area contributed by atoms with Crippen molar-refractivity contribution in [2.45, 2.75) is 12.2 Å². The number of ether oxygens (including phenoxy) is 3. The van der Waals surface area contributed by atoms with Gasteiger partial charge in [-0.05, 0) is 60.2 Å². The van der Waals surface area contributed by atoms with Crippen LogP contribution in [0.15, 0.2) is 120 Å². The quantitative estimate of drug-likeness (QED) is 0.0764. The van der Waals surface area contributed by atoms with Gasteiger partial charge in [0, 0.05) is 11.5 Å². The highest BCUT2D eigenvalue weighted by Gasteiger charge is 2.26. The molecule has 0 radical (unpaired) electrons. The van der Waals surface area contributed by atoms with Crippen molar-refractivity contribution in [1.29, 1.82) is 0 Å². The maximum Gasteiger partial charge on any atom is 0.338 e. The second-order valence-electron chi connectivity index (χ2n) is 7.71. The van der Waals surface area contributed by atoms with Crippen molar-refractivity contribution in [2.75, 3.05) is 13.2 Å². The number of hydrogen-bond acceptors (Lipinski definition) is 7. The second-order valence-corrected chi connectivity index (χ2v) is 7.71. The molecule has 0 saturated carbocycles. The largest absolute Gasteiger partial charge is 0.458 e. The molecule has 0 aliphatic rings. The molecule has 0 aliphatic heterocycles. The van der Waals surface area contributed by atoms with E-state index in [-0.39, 0.29) is 13.2 Å². The Morgan fingerprint density at radius 3 is 1.55 bits per heavy atom. The smallest absolute Gasteiger partial charge is 0.338 e. The fraction of sp³-hybridized carbons (Fsp3) is 0.138. The molecule has 3 aromatic rings. The summed E-state index contributed by atoms with van der Waals surface area (Å²) in [6.45, 7) is -0.122. The molecule has 0 heterocycles. The SMILES string of the molecule is [N-]=[N+]=NC/C=C/[C@@H](OC(=O)c1ccccc1)[C@@H](/C=C/COC(=O)c1ccccc1)OC(=O)c1ccccc1. The fourth-order valence-corrected chi connectivity index (χ4v) is 3.21. The van der Waals surface area contributed by atoms with E-state index >= 15 is 0 Å². The molecule has 3 rings (SSSR count). The standard InChI is InChI=1S/C29H25N3O6/c30-32-31-20-10-18-25(37-28(34)23-14-6-2-7-15-23)26(38-29(35)24-16-8-3-9-17-24)19-11-21-36-27(33)22-12-4-1-5-13-22/h1-19,25-26H,20-21H2/b18-10+,19-11+/t25-,26-/m1/s1. The molecule has 0 saturated heterocycles. The first kappa shape index (κ1) is 27.4. The van der Waals surface area contributed by atoms with Crippen LogP contribution in [-0.4, -0.2) is 43.3 Å². The molecule has 38 heavy (non-hydrogen) atoms. The van der Waals surface area contributed by atoms with E-state index in [9.17, 15) is 14.4 Å². The maximum absolute atomic E-state index is 12.8. The molecule has 0 aliphatic carbocycles. The zero-order chi connectivity index (χ0) is 27.0. The molecular weight excluding hydrogens is 486 g/mol. The van der Waals surface area contributed by atoms with Crippen molar-refractivity contribution in [3.63, 3.8) is 0 Å². The Bertz CT molecular complexity index is 1300. The van der Waals surface area contributed by atoms with E-state index in [2.05, 4.69) is 10.0 Å². The van der Waals surface area contributed by atoms with Crippen molar-refractivity contribution >= 4 is 17.9 Å². The van der Waals surface area contributed by atoms with Crippen LogP contribution in [0.1, 0.15) is 31.1 Å². The minimum Gasteiger partial charge on any atom is -0.458 e. The third-order valence-electron chi connectivity index (χ3n) is 5.05. The molecular formula is C29H25N3O6. The molecule has 0 spiro atoms. The summed E-state index contributed by atoms with van der Waals surface area (Å²) in [7, 11) is 0. The normalized spacial score (nSPS) is 12.3. The number of carbonyl (C=O) groups excluding carboxylic acids is 3. The molecule has 0 aromatic heterocycles. The van der Waals surface area contributed by atoms with Crippen molar-refractivity contribution in [1.82, 2.24) is 0 Å². The first-order chi connectivity index (χ1) is 18.6. The van der Waals surface area contributed by atoms with Crippen molar-refractivity contribution in [2.24, 2.45) is 5.11 Å². The first-order valence-electron chi connectivity index (χ1n) is 11.7. The Morgan fingerprint density at radius 2 is 1.11 bits per heavy atom. The van der Waals surface area contributed by atoms with Gasteiger partial charge in [0.2, 0.25) is 0 Å². The van der Waals surface area contributed by atoms with Crippen LogP contribution < -0.4 is 0 Å². The molecule has 0 N–H and O–H groups in total. The number of rotatable bonds is 12. The lowest BCUT2D eigenvalue weighted by molar-refractivity contribution is -0.00748. The van der Waals surface area contributed by atoms with Gasteiger partial charge in [0.25, 0.3) is 0 Å². The first-order valence-corrected chi connectivity index (χ1v) is 11.7. The van der Waals surface area contributed by atoms with Gasteiger partial charge >= 0.3 is 17.9 Å². The lowest BCUT2D eigenvalue weighted by atomic mass is 10.1. The Labute approximate surface area is 219 Å². The predicted octanol–water partition coefficient (Wildman–Crippen LogP) is 5.72. The molecule has 9 nitrogen and oxygen atoms in total. The van der Waals surface area contributed by atoms with Crippen LogP contribution in [0.2, 0.25) is 0 Å². The summed E-state index contributed by atoms with van der Waals surface area (Å²) in [5, 5.41) is 3.44. The van der Waals surface area contributed by atoms with Gasteiger partial charge in [-0.3, -0.25) is 0 Å². The van der Waals surface area contributed by atoms with Gasteiger partial charge in [-0.25, -0.2) is 14.4 Å². The Hall–Kier alpha value is -5.14. The highest BCUT2D eigenvalue weighted by molar-refractivity contribution is 5.90. The average Bonchev–Trinajstić information content (AvgIpc) is 2.97. The minimum atomic E-state index is -1.09. The van der Waals surface area contributed by atoms with Crippen LogP contribution in [0.25, 0.3) is 10.4 Å². The van der Waals surface area contributed by atoms with Gasteiger partial charge in [-0.1, -0.05) is 65.8 Å². The minimum absolute atomic E-state index is 0.00631. The van der Waals surface area contributed by atoms with E-state index in [4.69, 9.17) is 19.7 Å². The lowest BCUT2D eigenvalue weighted by Gasteiger charge is -2.23. The molecule has 9 heteroatoms. The van der Waals surface area contributed by atoms with Gasteiger partial charge in [0.1, 0.15) is 6.61 Å². The molecule has 0 amide bonds. The van der Waals surface area contributed by atoms with Gasteiger partial charge in [0.05, 0.1) is 16.7 Å². The van der Waals surface area contributed by atoms with Crippen LogP contribution in [0, 0.1) is 0 Å². The lowest BCUT2D eigenvalue weighted by Crippen LogP contribution is -2.33. The van der Waals surface area contributed by atoms with Gasteiger partial charge in [-0.2, -0.15) is 0 Å².